The van der Waals surface area contributed by atoms with Crippen LogP contribution >= 0.6 is 0 Å². The molecule has 0 aliphatic heterocycles. The molecule has 0 aliphatic rings. The van der Waals surface area contributed by atoms with E-state index >= 15 is 0 Å². The number of ether oxygens (including phenoxy) is 2. The van der Waals surface area contributed by atoms with Crippen LogP contribution in [0.15, 0.2) is 30.3 Å². The molecule has 1 heterocycles. The standard InChI is InChI=1S/C17H21N3O4/c1-12-4-6-14(7-5-12)23-9-8-17(22)24-11-16(21)18-15-10-13(2)19-20(15)3/h4-7,10H,8-9,11H2,1-3H3,(H,18,21). The molecule has 7 nitrogen and oxygen atoms in total. The molecule has 1 aromatic heterocycles. The van der Waals surface area contributed by atoms with Gasteiger partial charge in [0, 0.05) is 13.1 Å². The molecule has 0 saturated carbocycles. The molecule has 0 atom stereocenters. The molecule has 0 fully saturated rings. The summed E-state index contributed by atoms with van der Waals surface area (Å²) in [5.74, 6) is 0.346. The van der Waals surface area contributed by atoms with Crippen molar-refractivity contribution in [3.05, 3.63) is 41.6 Å². The Morgan fingerprint density at radius 2 is 1.92 bits per heavy atom. The van der Waals surface area contributed by atoms with Crippen LogP contribution in [-0.2, 0) is 21.4 Å². The summed E-state index contributed by atoms with van der Waals surface area (Å²) in [6.45, 7) is 3.67. The van der Waals surface area contributed by atoms with Crippen molar-refractivity contribution < 1.29 is 19.1 Å². The number of aryl methyl sites for hydroxylation is 3. The van der Waals surface area contributed by atoms with Crippen molar-refractivity contribution in [2.24, 2.45) is 7.05 Å². The fourth-order valence-electron chi connectivity index (χ4n) is 2.01. The monoisotopic (exact) mass is 331 g/mol. The molecule has 0 spiro atoms. The van der Waals surface area contributed by atoms with Crippen molar-refractivity contribution in [2.45, 2.75) is 20.3 Å². The van der Waals surface area contributed by atoms with Crippen LogP contribution in [0, 0.1) is 13.8 Å². The van der Waals surface area contributed by atoms with Gasteiger partial charge < -0.3 is 14.8 Å². The molecule has 24 heavy (non-hydrogen) atoms. The zero-order valence-electron chi connectivity index (χ0n) is 14.0. The molecule has 1 N–H and O–H groups in total. The Morgan fingerprint density at radius 1 is 1.21 bits per heavy atom. The average molecular weight is 331 g/mol. The first-order valence-corrected chi connectivity index (χ1v) is 7.59. The lowest BCUT2D eigenvalue weighted by atomic mass is 10.2. The minimum atomic E-state index is -0.488. The minimum Gasteiger partial charge on any atom is -0.493 e. The number of aromatic nitrogens is 2. The number of hydrogen-bond donors (Lipinski definition) is 1. The highest BCUT2D eigenvalue weighted by molar-refractivity contribution is 5.92. The van der Waals surface area contributed by atoms with E-state index < -0.39 is 11.9 Å². The van der Waals surface area contributed by atoms with Gasteiger partial charge in [0.2, 0.25) is 0 Å². The number of esters is 1. The maximum absolute atomic E-state index is 11.7. The van der Waals surface area contributed by atoms with Gasteiger partial charge in [-0.25, -0.2) is 0 Å². The maximum Gasteiger partial charge on any atom is 0.309 e. The molecule has 2 aromatic rings. The lowest BCUT2D eigenvalue weighted by Crippen LogP contribution is -2.22. The Kier molecular flexibility index (Phi) is 5.95. The fraction of sp³-hybridized carbons (Fsp3) is 0.353. The topological polar surface area (TPSA) is 82.4 Å². The smallest absolute Gasteiger partial charge is 0.309 e. The van der Waals surface area contributed by atoms with Crippen molar-refractivity contribution in [1.29, 1.82) is 0 Å². The molecule has 1 amide bonds. The van der Waals surface area contributed by atoms with E-state index in [4.69, 9.17) is 9.47 Å². The maximum atomic E-state index is 11.7. The van der Waals surface area contributed by atoms with Crippen LogP contribution in [0.1, 0.15) is 17.7 Å². The predicted octanol–water partition coefficient (Wildman–Crippen LogP) is 1.99. The summed E-state index contributed by atoms with van der Waals surface area (Å²) in [6, 6.07) is 9.26. The minimum absolute atomic E-state index is 0.0754. The molecule has 0 saturated heterocycles. The molecule has 1 aromatic carbocycles. The number of amides is 1. The van der Waals surface area contributed by atoms with Gasteiger partial charge in [-0.2, -0.15) is 5.10 Å². The van der Waals surface area contributed by atoms with Gasteiger partial charge in [-0.1, -0.05) is 17.7 Å². The zero-order valence-corrected chi connectivity index (χ0v) is 14.0. The van der Waals surface area contributed by atoms with E-state index in [1.807, 2.05) is 38.1 Å². The highest BCUT2D eigenvalue weighted by Crippen LogP contribution is 2.11. The number of hydrogen-bond acceptors (Lipinski definition) is 5. The van der Waals surface area contributed by atoms with E-state index in [2.05, 4.69) is 10.4 Å². The molecule has 0 radical (unpaired) electrons. The third kappa shape index (κ3) is 5.42. The van der Waals surface area contributed by atoms with Crippen LogP contribution in [0.2, 0.25) is 0 Å². The zero-order chi connectivity index (χ0) is 17.5. The summed E-state index contributed by atoms with van der Waals surface area (Å²) in [7, 11) is 1.72. The summed E-state index contributed by atoms with van der Waals surface area (Å²) < 4.78 is 11.9. The van der Waals surface area contributed by atoms with Crippen LogP contribution < -0.4 is 10.1 Å². The molecule has 2 rings (SSSR count). The van der Waals surface area contributed by atoms with Crippen molar-refractivity contribution in [3.63, 3.8) is 0 Å². The highest BCUT2D eigenvalue weighted by atomic mass is 16.5. The summed E-state index contributed by atoms with van der Waals surface area (Å²) in [5, 5.41) is 6.74. The van der Waals surface area contributed by atoms with E-state index in [1.54, 1.807) is 17.8 Å². The first kappa shape index (κ1) is 17.5. The number of carbonyl (C=O) groups excluding carboxylic acids is 2. The van der Waals surface area contributed by atoms with Gasteiger partial charge in [0.05, 0.1) is 18.7 Å². The second-order valence-corrected chi connectivity index (χ2v) is 5.41. The quantitative estimate of drug-likeness (QED) is 0.785. The number of nitrogens with one attached hydrogen (secondary N) is 1. The average Bonchev–Trinajstić information content (AvgIpc) is 2.85. The van der Waals surface area contributed by atoms with E-state index in [-0.39, 0.29) is 19.6 Å². The van der Waals surface area contributed by atoms with Gasteiger partial charge in [-0.05, 0) is 26.0 Å². The van der Waals surface area contributed by atoms with Gasteiger partial charge in [0.15, 0.2) is 6.61 Å². The van der Waals surface area contributed by atoms with Gasteiger partial charge in [-0.15, -0.1) is 0 Å². The largest absolute Gasteiger partial charge is 0.493 e. The Bertz CT molecular complexity index is 707. The molecule has 0 unspecified atom stereocenters. The SMILES string of the molecule is Cc1ccc(OCCC(=O)OCC(=O)Nc2cc(C)nn2C)cc1. The first-order chi connectivity index (χ1) is 11.4. The Balaban J connectivity index is 1.66. The van der Waals surface area contributed by atoms with Gasteiger partial charge in [0.25, 0.3) is 5.91 Å². The van der Waals surface area contributed by atoms with Gasteiger partial charge >= 0.3 is 5.97 Å². The Hall–Kier alpha value is -2.83. The summed E-state index contributed by atoms with van der Waals surface area (Å²) in [5.41, 5.74) is 1.93. The molecular formula is C17H21N3O4. The Labute approximate surface area is 140 Å². The highest BCUT2D eigenvalue weighted by Gasteiger charge is 2.10. The van der Waals surface area contributed by atoms with E-state index in [9.17, 15) is 9.59 Å². The first-order valence-electron chi connectivity index (χ1n) is 7.59. The van der Waals surface area contributed by atoms with Gasteiger partial charge in [0.1, 0.15) is 11.6 Å². The number of carbonyl (C=O) groups is 2. The number of benzene rings is 1. The third-order valence-electron chi connectivity index (χ3n) is 3.23. The molecular weight excluding hydrogens is 310 g/mol. The normalized spacial score (nSPS) is 10.3. The number of rotatable bonds is 7. The Morgan fingerprint density at radius 3 is 2.54 bits per heavy atom. The second-order valence-electron chi connectivity index (χ2n) is 5.41. The molecule has 7 heteroatoms. The van der Waals surface area contributed by atoms with Crippen molar-refractivity contribution in [3.8, 4) is 5.75 Å². The van der Waals surface area contributed by atoms with Crippen LogP contribution in [0.5, 0.6) is 5.75 Å². The van der Waals surface area contributed by atoms with Crippen LogP contribution in [0.4, 0.5) is 5.82 Å². The predicted molar refractivity (Wildman–Crippen MR) is 88.8 cm³/mol. The van der Waals surface area contributed by atoms with Crippen LogP contribution in [0.25, 0.3) is 0 Å². The van der Waals surface area contributed by atoms with E-state index in [0.29, 0.717) is 11.6 Å². The van der Waals surface area contributed by atoms with Crippen molar-refractivity contribution in [1.82, 2.24) is 9.78 Å². The summed E-state index contributed by atoms with van der Waals surface area (Å²) >= 11 is 0. The van der Waals surface area contributed by atoms with Crippen molar-refractivity contribution in [2.75, 3.05) is 18.5 Å². The van der Waals surface area contributed by atoms with Crippen molar-refractivity contribution >= 4 is 17.7 Å². The summed E-state index contributed by atoms with van der Waals surface area (Å²) in [6.07, 6.45) is 0.0754. The second kappa shape index (κ2) is 8.14. The lowest BCUT2D eigenvalue weighted by molar-refractivity contribution is -0.147. The lowest BCUT2D eigenvalue weighted by Gasteiger charge is -2.08. The van der Waals surface area contributed by atoms with E-state index in [0.717, 1.165) is 11.3 Å². The third-order valence-corrected chi connectivity index (χ3v) is 3.23. The molecule has 0 bridgehead atoms. The molecule has 128 valence electrons. The fourth-order valence-corrected chi connectivity index (χ4v) is 2.01. The van der Waals surface area contributed by atoms with Crippen LogP contribution in [0.3, 0.4) is 0 Å². The van der Waals surface area contributed by atoms with Crippen LogP contribution in [-0.4, -0.2) is 34.9 Å². The number of anilines is 1. The molecule has 0 aliphatic carbocycles. The number of nitrogens with zero attached hydrogens (tertiary/aromatic N) is 2. The van der Waals surface area contributed by atoms with Gasteiger partial charge in [-0.3, -0.25) is 14.3 Å². The summed E-state index contributed by atoms with van der Waals surface area (Å²) in [4.78, 5) is 23.4. The van der Waals surface area contributed by atoms with E-state index in [1.165, 1.54) is 0 Å².